The molecular weight excluding hydrogens is 331 g/mol. The van der Waals surface area contributed by atoms with Gasteiger partial charge in [-0.3, -0.25) is 0 Å². The molecule has 0 radical (unpaired) electrons. The van der Waals surface area contributed by atoms with Crippen LogP contribution in [0.4, 0.5) is 0 Å². The van der Waals surface area contributed by atoms with Gasteiger partial charge in [-0.1, -0.05) is 0 Å². The van der Waals surface area contributed by atoms with Gasteiger partial charge < -0.3 is 0 Å². The van der Waals surface area contributed by atoms with Gasteiger partial charge in [0.05, 0.1) is 0 Å². The van der Waals surface area contributed by atoms with E-state index >= 15 is 0 Å². The van der Waals surface area contributed by atoms with Crippen LogP contribution in [0, 0.1) is 0 Å². The molecule has 3 aromatic rings. The molecule has 0 unspecified atom stereocenters. The molecule has 21 heavy (non-hydrogen) atoms. The molecule has 0 spiro atoms. The van der Waals surface area contributed by atoms with E-state index in [1.54, 1.807) is 18.2 Å². The number of hydrogen-bond acceptors (Lipinski definition) is 2. The summed E-state index contributed by atoms with van der Waals surface area (Å²) < 4.78 is 36.1. The van der Waals surface area contributed by atoms with Crippen molar-refractivity contribution >= 4 is 18.7 Å². The van der Waals surface area contributed by atoms with Crippen LogP contribution < -0.4 is 4.55 Å². The number of rotatable bonds is 3. The van der Waals surface area contributed by atoms with Gasteiger partial charge in [0.15, 0.2) is 0 Å². The van der Waals surface area contributed by atoms with Crippen LogP contribution in [0.3, 0.4) is 0 Å². The Morgan fingerprint density at radius 2 is 1.33 bits per heavy atom. The Morgan fingerprint density at radius 3 is 1.86 bits per heavy atom. The second-order valence-corrected chi connectivity index (χ2v) is 7.74. The monoisotopic (exact) mass is 344 g/mol. The molecule has 0 aliphatic carbocycles. The van der Waals surface area contributed by atoms with Crippen molar-refractivity contribution < 1.29 is 16.3 Å². The van der Waals surface area contributed by atoms with Crippen molar-refractivity contribution in [1.82, 2.24) is 0 Å². The molecule has 2 N–H and O–H groups in total. The maximum atomic E-state index is 11.7. The molecule has 4 nitrogen and oxygen atoms in total. The molecule has 1 heterocycles. The van der Waals surface area contributed by atoms with E-state index in [1.165, 1.54) is 0 Å². The van der Waals surface area contributed by atoms with E-state index in [9.17, 15) is 11.9 Å². The maximum absolute atomic E-state index is 11.7. The molecule has 0 amide bonds. The zero-order valence-corrected chi connectivity index (χ0v) is 12.9. The van der Waals surface area contributed by atoms with Crippen LogP contribution in [0.25, 0.3) is 22.5 Å². The Labute approximate surface area is 124 Å². The molecule has 0 aliphatic rings. The summed E-state index contributed by atoms with van der Waals surface area (Å²) in [7, 11) is 0. The SMILES string of the molecule is O=[As](O)(O)c1oc(-c2ccccc2)cc1-c1ccccc1. The number of furan rings is 1. The zero-order valence-electron chi connectivity index (χ0n) is 11.0. The van der Waals surface area contributed by atoms with Crippen LogP contribution in [-0.4, -0.2) is 22.4 Å². The first kappa shape index (κ1) is 14.0. The van der Waals surface area contributed by atoms with Gasteiger partial charge in [0.25, 0.3) is 0 Å². The van der Waals surface area contributed by atoms with Gasteiger partial charge in [0, 0.05) is 0 Å². The summed E-state index contributed by atoms with van der Waals surface area (Å²) in [4.78, 5) is 0. The van der Waals surface area contributed by atoms with E-state index in [1.807, 2.05) is 48.5 Å². The first-order valence-corrected chi connectivity index (χ1v) is 9.75. The van der Waals surface area contributed by atoms with Gasteiger partial charge in [0.2, 0.25) is 0 Å². The third-order valence-electron chi connectivity index (χ3n) is 3.12. The molecule has 0 atom stereocenters. The molecule has 1 aromatic heterocycles. The minimum absolute atomic E-state index is 0.238. The van der Waals surface area contributed by atoms with Gasteiger partial charge in [-0.2, -0.15) is 0 Å². The van der Waals surface area contributed by atoms with Gasteiger partial charge in [-0.05, 0) is 0 Å². The molecule has 106 valence electrons. The summed E-state index contributed by atoms with van der Waals surface area (Å²) in [5, 5.41) is 0. The Morgan fingerprint density at radius 1 is 0.810 bits per heavy atom. The second kappa shape index (κ2) is 5.41. The molecule has 0 fully saturated rings. The third-order valence-corrected chi connectivity index (χ3v) is 4.93. The second-order valence-electron chi connectivity index (χ2n) is 4.61. The van der Waals surface area contributed by atoms with Crippen molar-refractivity contribution in [3.63, 3.8) is 0 Å². The summed E-state index contributed by atoms with van der Waals surface area (Å²) in [5.74, 6) is 0.453. The number of hydrogen-bond donors (Lipinski definition) is 2. The zero-order chi connectivity index (χ0) is 14.9. The molecule has 0 aliphatic heterocycles. The molecule has 3 rings (SSSR count). The van der Waals surface area contributed by atoms with Crippen LogP contribution in [0.2, 0.25) is 0 Å². The topological polar surface area (TPSA) is 70.7 Å². The van der Waals surface area contributed by atoms with Gasteiger partial charge in [0.1, 0.15) is 0 Å². The van der Waals surface area contributed by atoms with E-state index in [-0.39, 0.29) is 4.55 Å². The summed E-state index contributed by atoms with van der Waals surface area (Å²) in [6.07, 6.45) is 0. The fourth-order valence-electron chi connectivity index (χ4n) is 2.17. The van der Waals surface area contributed by atoms with Crippen molar-refractivity contribution in [2.24, 2.45) is 0 Å². The average molecular weight is 344 g/mol. The van der Waals surface area contributed by atoms with Gasteiger partial charge in [-0.15, -0.1) is 0 Å². The van der Waals surface area contributed by atoms with E-state index in [4.69, 9.17) is 4.42 Å². The van der Waals surface area contributed by atoms with E-state index in [0.717, 1.165) is 11.1 Å². The quantitative estimate of drug-likeness (QED) is 0.715. The summed E-state index contributed by atoms with van der Waals surface area (Å²) >= 11 is -5.15. The van der Waals surface area contributed by atoms with E-state index < -0.39 is 14.2 Å². The van der Waals surface area contributed by atoms with E-state index in [2.05, 4.69) is 0 Å². The summed E-state index contributed by atoms with van der Waals surface area (Å²) in [5.41, 5.74) is 1.95. The van der Waals surface area contributed by atoms with Crippen LogP contribution >= 0.6 is 0 Å². The van der Waals surface area contributed by atoms with Crippen molar-refractivity contribution in [3.05, 3.63) is 66.7 Å². The van der Waals surface area contributed by atoms with Crippen molar-refractivity contribution in [3.8, 4) is 22.5 Å². The minimum atomic E-state index is -5.15. The Balaban J connectivity index is 2.20. The Kier molecular flexibility index (Phi) is 3.60. The first-order valence-electron chi connectivity index (χ1n) is 6.36. The molecule has 0 saturated heterocycles. The van der Waals surface area contributed by atoms with Crippen molar-refractivity contribution in [2.45, 2.75) is 0 Å². The van der Waals surface area contributed by atoms with E-state index in [0.29, 0.717) is 11.3 Å². The van der Waals surface area contributed by atoms with Gasteiger partial charge in [-0.25, -0.2) is 0 Å². The average Bonchev–Trinajstić information content (AvgIpc) is 2.94. The predicted molar refractivity (Wildman–Crippen MR) is 80.1 cm³/mol. The molecule has 0 saturated carbocycles. The van der Waals surface area contributed by atoms with Crippen LogP contribution in [-0.2, 0) is 3.74 Å². The number of benzene rings is 2. The third kappa shape index (κ3) is 2.88. The van der Waals surface area contributed by atoms with Crippen LogP contribution in [0.15, 0.2) is 71.1 Å². The Bertz CT molecular complexity index is 788. The molecule has 0 bridgehead atoms. The molecule has 2 aromatic carbocycles. The van der Waals surface area contributed by atoms with Crippen molar-refractivity contribution in [2.75, 3.05) is 0 Å². The molecular formula is C16H13AsO4. The fraction of sp³-hybridized carbons (Fsp3) is 0. The predicted octanol–water partition coefficient (Wildman–Crippen LogP) is 2.17. The fourth-order valence-corrected chi connectivity index (χ4v) is 3.69. The first-order chi connectivity index (χ1) is 10.1. The molecule has 5 heteroatoms. The normalized spacial score (nSPS) is 11.5. The van der Waals surface area contributed by atoms with Gasteiger partial charge >= 0.3 is 124 Å². The summed E-state index contributed by atoms with van der Waals surface area (Å²) in [6, 6.07) is 20.0. The summed E-state index contributed by atoms with van der Waals surface area (Å²) in [6.45, 7) is 0. The van der Waals surface area contributed by atoms with Crippen LogP contribution in [0.5, 0.6) is 0 Å². The van der Waals surface area contributed by atoms with Crippen molar-refractivity contribution in [1.29, 1.82) is 0 Å². The van der Waals surface area contributed by atoms with Crippen LogP contribution in [0.1, 0.15) is 0 Å². The Hall–Kier alpha value is -2.00. The standard InChI is InChI=1S/C16H13AsO4/c18-17(19,20)16-14(12-7-3-1-4-8-12)11-15(21-16)13-9-5-2-6-10-13/h1-11H,(H2,18,19,20).